The minimum Gasteiger partial charge on any atom is -0.506 e. The van der Waals surface area contributed by atoms with Gasteiger partial charge in [0.1, 0.15) is 5.75 Å². The predicted molar refractivity (Wildman–Crippen MR) is 95.5 cm³/mol. The van der Waals surface area contributed by atoms with Crippen LogP contribution in [0.5, 0.6) is 5.75 Å². The zero-order valence-electron chi connectivity index (χ0n) is 11.2. The maximum atomic E-state index is 10.2. The Morgan fingerprint density at radius 1 is 1.15 bits per heavy atom. The molecule has 0 aliphatic heterocycles. The Morgan fingerprint density at radius 2 is 1.70 bits per heavy atom. The van der Waals surface area contributed by atoms with Crippen LogP contribution in [0.2, 0.25) is 0 Å². The molecule has 3 nitrogen and oxygen atoms in total. The fourth-order valence-electron chi connectivity index (χ4n) is 1.78. The molecule has 0 unspecified atom stereocenters. The predicted octanol–water partition coefficient (Wildman–Crippen LogP) is 4.90. The van der Waals surface area contributed by atoms with E-state index in [0.717, 1.165) is 10.9 Å². The number of nitrogens with two attached hydrogens (primary N) is 1. The SMILES string of the molecule is CC(C)CC[C@@H](O)[C@@H](N)c1c(Br)cc(Br)c(O)c1Br.Cl. The van der Waals surface area contributed by atoms with Crippen LogP contribution in [-0.2, 0) is 0 Å². The second kappa shape index (κ2) is 8.96. The van der Waals surface area contributed by atoms with Crippen molar-refractivity contribution >= 4 is 60.2 Å². The third-order valence-electron chi connectivity index (χ3n) is 2.97. The molecule has 20 heavy (non-hydrogen) atoms. The Kier molecular flexibility index (Phi) is 9.26. The summed E-state index contributed by atoms with van der Waals surface area (Å²) >= 11 is 10.0. The lowest BCUT2D eigenvalue weighted by molar-refractivity contribution is 0.127. The molecule has 0 radical (unpaired) electrons. The van der Waals surface area contributed by atoms with Crippen LogP contribution in [0.4, 0.5) is 0 Å². The maximum Gasteiger partial charge on any atom is 0.144 e. The smallest absolute Gasteiger partial charge is 0.144 e. The van der Waals surface area contributed by atoms with Gasteiger partial charge < -0.3 is 15.9 Å². The molecule has 0 saturated heterocycles. The van der Waals surface area contributed by atoms with Gasteiger partial charge in [-0.15, -0.1) is 12.4 Å². The number of aliphatic hydroxyl groups is 1. The van der Waals surface area contributed by atoms with E-state index in [-0.39, 0.29) is 18.2 Å². The van der Waals surface area contributed by atoms with Gasteiger partial charge in [0.15, 0.2) is 0 Å². The molecule has 0 heterocycles. The largest absolute Gasteiger partial charge is 0.506 e. The summed E-state index contributed by atoms with van der Waals surface area (Å²) in [6.45, 7) is 4.21. The van der Waals surface area contributed by atoms with Crippen molar-refractivity contribution in [2.24, 2.45) is 11.7 Å². The molecule has 0 saturated carbocycles. The van der Waals surface area contributed by atoms with E-state index >= 15 is 0 Å². The van der Waals surface area contributed by atoms with Crippen LogP contribution < -0.4 is 5.73 Å². The van der Waals surface area contributed by atoms with Crippen LogP contribution in [0.15, 0.2) is 19.5 Å². The Labute approximate surface area is 151 Å². The molecule has 0 spiro atoms. The quantitative estimate of drug-likeness (QED) is 0.544. The van der Waals surface area contributed by atoms with E-state index in [0.29, 0.717) is 26.8 Å². The molecule has 0 aliphatic carbocycles. The number of hydrogen-bond acceptors (Lipinski definition) is 3. The molecule has 4 N–H and O–H groups in total. The Morgan fingerprint density at radius 3 is 2.20 bits per heavy atom. The molecular formula is C13H19Br3ClNO2. The fraction of sp³-hybridized carbons (Fsp3) is 0.538. The fourth-order valence-corrected chi connectivity index (χ4v) is 4.43. The summed E-state index contributed by atoms with van der Waals surface area (Å²) in [7, 11) is 0. The first-order valence-electron chi connectivity index (χ1n) is 6.05. The summed E-state index contributed by atoms with van der Waals surface area (Å²) in [6, 6.07) is 1.17. The topological polar surface area (TPSA) is 66.5 Å². The summed E-state index contributed by atoms with van der Waals surface area (Å²) in [6.07, 6.45) is 0.900. The lowest BCUT2D eigenvalue weighted by Gasteiger charge is -2.23. The number of halogens is 4. The lowest BCUT2D eigenvalue weighted by Crippen LogP contribution is -2.27. The summed E-state index contributed by atoms with van der Waals surface area (Å²) in [5.41, 5.74) is 6.79. The lowest BCUT2D eigenvalue weighted by atomic mass is 9.96. The standard InChI is InChI=1S/C13H18Br3NO2.ClH/c1-6(2)3-4-9(18)12(17)10-7(14)5-8(15)13(19)11(10)16;/h5-6,9,12,18-19H,3-4,17H2,1-2H3;1H/t9-,12-;/m1./s1. The van der Waals surface area contributed by atoms with Gasteiger partial charge in [0.25, 0.3) is 0 Å². The van der Waals surface area contributed by atoms with Gasteiger partial charge in [-0.3, -0.25) is 0 Å². The first-order valence-corrected chi connectivity index (χ1v) is 8.43. The summed E-state index contributed by atoms with van der Waals surface area (Å²) in [4.78, 5) is 0. The third-order valence-corrected chi connectivity index (χ3v) is 5.03. The van der Waals surface area contributed by atoms with Crippen LogP contribution in [0.3, 0.4) is 0 Å². The van der Waals surface area contributed by atoms with Crippen LogP contribution >= 0.6 is 60.2 Å². The molecule has 1 aromatic carbocycles. The minimum absolute atomic E-state index is 0. The third kappa shape index (κ3) is 5.14. The highest BCUT2D eigenvalue weighted by molar-refractivity contribution is 9.11. The summed E-state index contributed by atoms with van der Waals surface area (Å²) < 4.78 is 1.82. The Hall–Kier alpha value is 0.670. The number of benzene rings is 1. The van der Waals surface area contributed by atoms with Crippen molar-refractivity contribution in [3.8, 4) is 5.75 Å². The van der Waals surface area contributed by atoms with Gasteiger partial charge in [0.2, 0.25) is 0 Å². The van der Waals surface area contributed by atoms with Crippen molar-refractivity contribution in [3.05, 3.63) is 25.0 Å². The molecule has 7 heteroatoms. The molecule has 2 atom stereocenters. The first kappa shape index (κ1) is 20.7. The van der Waals surface area contributed by atoms with Gasteiger partial charge in [0, 0.05) is 10.0 Å². The van der Waals surface area contributed by atoms with E-state index in [1.165, 1.54) is 0 Å². The monoisotopic (exact) mass is 493 g/mol. The van der Waals surface area contributed by atoms with E-state index in [9.17, 15) is 10.2 Å². The van der Waals surface area contributed by atoms with E-state index in [1.807, 2.05) is 0 Å². The van der Waals surface area contributed by atoms with Gasteiger partial charge in [-0.1, -0.05) is 29.8 Å². The Balaban J connectivity index is 0.00000361. The summed E-state index contributed by atoms with van der Waals surface area (Å²) in [5, 5.41) is 20.1. The molecule has 1 rings (SSSR count). The van der Waals surface area contributed by atoms with Gasteiger partial charge in [-0.05, 0) is 56.7 Å². The Bertz CT molecular complexity index is 458. The molecule has 0 aliphatic rings. The molecule has 0 aromatic heterocycles. The van der Waals surface area contributed by atoms with Crippen LogP contribution in [0.1, 0.15) is 38.3 Å². The van der Waals surface area contributed by atoms with E-state index in [1.54, 1.807) is 6.07 Å². The molecule has 0 fully saturated rings. The number of phenols is 1. The van der Waals surface area contributed by atoms with Crippen molar-refractivity contribution in [1.29, 1.82) is 0 Å². The van der Waals surface area contributed by atoms with Crippen molar-refractivity contribution in [2.45, 2.75) is 38.8 Å². The molecule has 1 aromatic rings. The zero-order chi connectivity index (χ0) is 14.7. The first-order chi connectivity index (χ1) is 8.75. The molecular weight excluding hydrogens is 477 g/mol. The highest BCUT2D eigenvalue weighted by Gasteiger charge is 2.24. The maximum absolute atomic E-state index is 10.2. The average molecular weight is 496 g/mol. The van der Waals surface area contributed by atoms with Crippen molar-refractivity contribution in [2.75, 3.05) is 0 Å². The number of rotatable bonds is 5. The van der Waals surface area contributed by atoms with Crippen LogP contribution in [0, 0.1) is 5.92 Å². The number of aliphatic hydroxyl groups excluding tert-OH is 1. The second-order valence-electron chi connectivity index (χ2n) is 4.98. The van der Waals surface area contributed by atoms with Crippen LogP contribution in [0.25, 0.3) is 0 Å². The number of phenolic OH excluding ortho intramolecular Hbond substituents is 1. The molecule has 0 bridgehead atoms. The number of hydrogen-bond donors (Lipinski definition) is 3. The zero-order valence-corrected chi connectivity index (χ0v) is 16.8. The minimum atomic E-state index is -0.643. The van der Waals surface area contributed by atoms with E-state index in [4.69, 9.17) is 5.73 Å². The van der Waals surface area contributed by atoms with E-state index < -0.39 is 12.1 Å². The summed E-state index contributed by atoms with van der Waals surface area (Å²) in [5.74, 6) is 0.608. The molecule has 116 valence electrons. The van der Waals surface area contributed by atoms with Crippen LogP contribution in [-0.4, -0.2) is 16.3 Å². The van der Waals surface area contributed by atoms with Gasteiger partial charge in [-0.2, -0.15) is 0 Å². The molecule has 0 amide bonds. The normalized spacial score (nSPS) is 14.0. The van der Waals surface area contributed by atoms with Gasteiger partial charge in [0.05, 0.1) is 21.1 Å². The van der Waals surface area contributed by atoms with Gasteiger partial charge >= 0.3 is 0 Å². The average Bonchev–Trinajstić information content (AvgIpc) is 2.32. The number of aromatic hydroxyl groups is 1. The highest BCUT2D eigenvalue weighted by atomic mass is 79.9. The van der Waals surface area contributed by atoms with Crippen molar-refractivity contribution in [3.63, 3.8) is 0 Å². The van der Waals surface area contributed by atoms with Crippen molar-refractivity contribution in [1.82, 2.24) is 0 Å². The second-order valence-corrected chi connectivity index (χ2v) is 7.48. The highest BCUT2D eigenvalue weighted by Crippen LogP contribution is 2.42. The van der Waals surface area contributed by atoms with E-state index in [2.05, 4.69) is 61.6 Å². The van der Waals surface area contributed by atoms with Crippen molar-refractivity contribution < 1.29 is 10.2 Å². The van der Waals surface area contributed by atoms with Gasteiger partial charge in [-0.25, -0.2) is 0 Å².